The minimum absolute atomic E-state index is 0.177. The van der Waals surface area contributed by atoms with Crippen molar-refractivity contribution >= 4 is 34.0 Å². The van der Waals surface area contributed by atoms with Gasteiger partial charge in [0.15, 0.2) is 0 Å². The number of hydrogen-bond donors (Lipinski definition) is 0. The lowest BCUT2D eigenvalue weighted by atomic mass is 10.1. The first-order chi connectivity index (χ1) is 10.2. The SMILES string of the molecule is CN(C(=O)c1cccnc1Cl)c1ccc2ccccc2c1. The van der Waals surface area contributed by atoms with E-state index in [1.165, 1.54) is 0 Å². The van der Waals surface area contributed by atoms with E-state index in [9.17, 15) is 4.79 Å². The Morgan fingerprint density at radius 3 is 2.57 bits per heavy atom. The van der Waals surface area contributed by atoms with Gasteiger partial charge < -0.3 is 4.90 Å². The minimum atomic E-state index is -0.177. The van der Waals surface area contributed by atoms with E-state index >= 15 is 0 Å². The molecular weight excluding hydrogens is 284 g/mol. The molecule has 3 rings (SSSR count). The number of carbonyl (C=O) groups excluding carboxylic acids is 1. The summed E-state index contributed by atoms with van der Waals surface area (Å²) >= 11 is 5.99. The number of pyridine rings is 1. The van der Waals surface area contributed by atoms with Crippen molar-refractivity contribution in [2.45, 2.75) is 0 Å². The van der Waals surface area contributed by atoms with Crippen molar-refractivity contribution in [2.24, 2.45) is 0 Å². The number of rotatable bonds is 2. The Morgan fingerprint density at radius 1 is 1.05 bits per heavy atom. The largest absolute Gasteiger partial charge is 0.311 e. The van der Waals surface area contributed by atoms with Crippen LogP contribution in [0.2, 0.25) is 5.15 Å². The van der Waals surface area contributed by atoms with E-state index in [2.05, 4.69) is 4.98 Å². The van der Waals surface area contributed by atoms with Crippen molar-refractivity contribution < 1.29 is 4.79 Å². The number of halogens is 1. The Kier molecular flexibility index (Phi) is 3.59. The first-order valence-electron chi connectivity index (χ1n) is 6.54. The van der Waals surface area contributed by atoms with Crippen LogP contribution in [0.5, 0.6) is 0 Å². The molecule has 0 spiro atoms. The molecule has 104 valence electrons. The lowest BCUT2D eigenvalue weighted by Gasteiger charge is -2.18. The molecular formula is C17H13ClN2O. The van der Waals surface area contributed by atoms with Gasteiger partial charge in [-0.1, -0.05) is 41.9 Å². The molecule has 0 atom stereocenters. The summed E-state index contributed by atoms with van der Waals surface area (Å²) in [6.45, 7) is 0. The summed E-state index contributed by atoms with van der Waals surface area (Å²) < 4.78 is 0. The first-order valence-corrected chi connectivity index (χ1v) is 6.92. The van der Waals surface area contributed by atoms with E-state index in [0.717, 1.165) is 16.5 Å². The maximum absolute atomic E-state index is 12.5. The van der Waals surface area contributed by atoms with Gasteiger partial charge in [0.25, 0.3) is 5.91 Å². The average molecular weight is 297 g/mol. The van der Waals surface area contributed by atoms with Crippen LogP contribution >= 0.6 is 11.6 Å². The first kappa shape index (κ1) is 13.6. The third kappa shape index (κ3) is 2.60. The second kappa shape index (κ2) is 5.54. The van der Waals surface area contributed by atoms with E-state index in [1.807, 2.05) is 42.5 Å². The highest BCUT2D eigenvalue weighted by Crippen LogP contribution is 2.23. The van der Waals surface area contributed by atoms with Gasteiger partial charge in [0, 0.05) is 18.9 Å². The highest BCUT2D eigenvalue weighted by atomic mass is 35.5. The molecule has 0 bridgehead atoms. The topological polar surface area (TPSA) is 33.2 Å². The summed E-state index contributed by atoms with van der Waals surface area (Å²) in [6, 6.07) is 17.3. The van der Waals surface area contributed by atoms with Crippen LogP contribution in [0.3, 0.4) is 0 Å². The summed E-state index contributed by atoms with van der Waals surface area (Å²) in [5, 5.41) is 2.45. The third-order valence-corrected chi connectivity index (χ3v) is 3.72. The van der Waals surface area contributed by atoms with Crippen molar-refractivity contribution in [3.63, 3.8) is 0 Å². The van der Waals surface area contributed by atoms with Crippen LogP contribution in [0.25, 0.3) is 10.8 Å². The van der Waals surface area contributed by atoms with Crippen LogP contribution in [0, 0.1) is 0 Å². The highest BCUT2D eigenvalue weighted by Gasteiger charge is 2.17. The molecule has 1 heterocycles. The maximum atomic E-state index is 12.5. The normalized spacial score (nSPS) is 10.6. The molecule has 0 fully saturated rings. The summed E-state index contributed by atoms with van der Waals surface area (Å²) in [5.41, 5.74) is 1.22. The molecule has 0 saturated carbocycles. The van der Waals surface area contributed by atoms with E-state index in [-0.39, 0.29) is 11.1 Å². The highest BCUT2D eigenvalue weighted by molar-refractivity contribution is 6.33. The zero-order valence-corrected chi connectivity index (χ0v) is 12.2. The summed E-state index contributed by atoms with van der Waals surface area (Å²) in [5.74, 6) is -0.177. The zero-order chi connectivity index (χ0) is 14.8. The number of benzene rings is 2. The van der Waals surface area contributed by atoms with Gasteiger partial charge in [-0.3, -0.25) is 4.79 Å². The molecule has 1 aromatic heterocycles. The molecule has 2 aromatic carbocycles. The lowest BCUT2D eigenvalue weighted by molar-refractivity contribution is 0.0993. The van der Waals surface area contributed by atoms with E-state index in [0.29, 0.717) is 5.56 Å². The van der Waals surface area contributed by atoms with Gasteiger partial charge in [0.05, 0.1) is 5.56 Å². The van der Waals surface area contributed by atoms with E-state index in [4.69, 9.17) is 11.6 Å². The summed E-state index contributed by atoms with van der Waals surface area (Å²) in [4.78, 5) is 18.0. The van der Waals surface area contributed by atoms with Gasteiger partial charge >= 0.3 is 0 Å². The monoisotopic (exact) mass is 296 g/mol. The number of aromatic nitrogens is 1. The molecule has 3 aromatic rings. The van der Waals surface area contributed by atoms with Gasteiger partial charge in [-0.05, 0) is 35.0 Å². The quantitative estimate of drug-likeness (QED) is 0.665. The van der Waals surface area contributed by atoms with Gasteiger partial charge in [-0.2, -0.15) is 0 Å². The number of hydrogen-bond acceptors (Lipinski definition) is 2. The minimum Gasteiger partial charge on any atom is -0.311 e. The fraction of sp³-hybridized carbons (Fsp3) is 0.0588. The van der Waals surface area contributed by atoms with Gasteiger partial charge in [0.2, 0.25) is 0 Å². The Balaban J connectivity index is 1.98. The number of nitrogens with zero attached hydrogens (tertiary/aromatic N) is 2. The van der Waals surface area contributed by atoms with Gasteiger partial charge in [-0.15, -0.1) is 0 Å². The number of amides is 1. The fourth-order valence-corrected chi connectivity index (χ4v) is 2.43. The molecule has 0 saturated heterocycles. The van der Waals surface area contributed by atoms with Crippen LogP contribution in [-0.2, 0) is 0 Å². The molecule has 4 heteroatoms. The molecule has 0 unspecified atom stereocenters. The second-order valence-corrected chi connectivity index (χ2v) is 5.10. The van der Waals surface area contributed by atoms with Crippen LogP contribution in [0.15, 0.2) is 60.8 Å². The van der Waals surface area contributed by atoms with E-state index < -0.39 is 0 Å². The standard InChI is InChI=1S/C17H13ClN2O/c1-20(17(21)15-7-4-10-19-16(15)18)14-9-8-12-5-2-3-6-13(12)11-14/h2-11H,1H3. The Hall–Kier alpha value is -2.39. The van der Waals surface area contributed by atoms with Crippen LogP contribution in [-0.4, -0.2) is 17.9 Å². The predicted molar refractivity (Wildman–Crippen MR) is 85.9 cm³/mol. The van der Waals surface area contributed by atoms with E-state index in [1.54, 1.807) is 30.3 Å². The summed E-state index contributed by atoms with van der Waals surface area (Å²) in [6.07, 6.45) is 1.56. The fourth-order valence-electron chi connectivity index (χ4n) is 2.23. The lowest BCUT2D eigenvalue weighted by Crippen LogP contribution is -2.26. The van der Waals surface area contributed by atoms with Crippen LogP contribution < -0.4 is 4.90 Å². The summed E-state index contributed by atoms with van der Waals surface area (Å²) in [7, 11) is 1.73. The molecule has 0 N–H and O–H groups in total. The van der Waals surface area contributed by atoms with Crippen molar-refractivity contribution in [3.05, 3.63) is 71.5 Å². The van der Waals surface area contributed by atoms with Crippen molar-refractivity contribution in [2.75, 3.05) is 11.9 Å². The van der Waals surface area contributed by atoms with Crippen molar-refractivity contribution in [1.82, 2.24) is 4.98 Å². The van der Waals surface area contributed by atoms with Gasteiger partial charge in [-0.25, -0.2) is 4.98 Å². The van der Waals surface area contributed by atoms with Crippen LogP contribution in [0.4, 0.5) is 5.69 Å². The predicted octanol–water partition coefficient (Wildman–Crippen LogP) is 4.16. The Morgan fingerprint density at radius 2 is 1.81 bits per heavy atom. The Labute approximate surface area is 127 Å². The number of fused-ring (bicyclic) bond motifs is 1. The molecule has 3 nitrogen and oxygen atoms in total. The third-order valence-electron chi connectivity index (χ3n) is 3.41. The second-order valence-electron chi connectivity index (χ2n) is 4.74. The number of anilines is 1. The molecule has 21 heavy (non-hydrogen) atoms. The maximum Gasteiger partial charge on any atom is 0.261 e. The molecule has 0 radical (unpaired) electrons. The van der Waals surface area contributed by atoms with Crippen molar-refractivity contribution in [1.29, 1.82) is 0 Å². The Bertz CT molecular complexity index is 817. The average Bonchev–Trinajstić information content (AvgIpc) is 2.53. The molecule has 0 aliphatic rings. The molecule has 0 aliphatic heterocycles. The molecule has 1 amide bonds. The molecule has 0 aliphatic carbocycles. The smallest absolute Gasteiger partial charge is 0.261 e. The van der Waals surface area contributed by atoms with Gasteiger partial charge in [0.1, 0.15) is 5.15 Å². The zero-order valence-electron chi connectivity index (χ0n) is 11.5. The van der Waals surface area contributed by atoms with Crippen LogP contribution in [0.1, 0.15) is 10.4 Å². The van der Waals surface area contributed by atoms with Crippen molar-refractivity contribution in [3.8, 4) is 0 Å². The number of carbonyl (C=O) groups is 1.